The minimum absolute atomic E-state index is 0.139. The first-order valence-corrected chi connectivity index (χ1v) is 4.85. The van der Waals surface area contributed by atoms with Gasteiger partial charge in [0.2, 0.25) is 5.91 Å². The van der Waals surface area contributed by atoms with Gasteiger partial charge in [0.1, 0.15) is 0 Å². The highest BCUT2D eigenvalue weighted by Gasteiger charge is 2.15. The van der Waals surface area contributed by atoms with Gasteiger partial charge in [0, 0.05) is 11.8 Å². The third-order valence-corrected chi connectivity index (χ3v) is 2.00. The Bertz CT molecular complexity index is 434. The second-order valence-corrected chi connectivity index (χ2v) is 3.22. The predicted octanol–water partition coefficient (Wildman–Crippen LogP) is 0.761. The molecule has 0 spiro atoms. The second-order valence-electron chi connectivity index (χ2n) is 3.22. The molecule has 0 aromatic heterocycles. The Balaban J connectivity index is 2.92. The number of anilines is 1. The van der Waals surface area contributed by atoms with E-state index in [0.717, 1.165) is 0 Å². The molecule has 0 bridgehead atoms. The summed E-state index contributed by atoms with van der Waals surface area (Å²) in [5.41, 5.74) is 0.174. The Morgan fingerprint density at radius 3 is 2.76 bits per heavy atom. The highest BCUT2D eigenvalue weighted by molar-refractivity contribution is 5.92. The molecule has 0 aliphatic carbocycles. The van der Waals surface area contributed by atoms with E-state index >= 15 is 0 Å². The number of nitrogens with zero attached hydrogens (tertiary/aromatic N) is 1. The predicted molar refractivity (Wildman–Crippen MR) is 62.2 cm³/mol. The van der Waals surface area contributed by atoms with Crippen LogP contribution in [0.15, 0.2) is 18.2 Å². The molecule has 0 saturated carbocycles. The zero-order valence-corrected chi connectivity index (χ0v) is 9.52. The molecule has 0 aliphatic rings. The summed E-state index contributed by atoms with van der Waals surface area (Å²) in [5, 5.41) is 15.9. The van der Waals surface area contributed by atoms with Crippen molar-refractivity contribution in [1.82, 2.24) is 5.32 Å². The van der Waals surface area contributed by atoms with Crippen LogP contribution < -0.4 is 15.4 Å². The molecule has 7 nitrogen and oxygen atoms in total. The lowest BCUT2D eigenvalue weighted by Gasteiger charge is -2.06. The maximum absolute atomic E-state index is 11.3. The van der Waals surface area contributed by atoms with Gasteiger partial charge in [-0.2, -0.15) is 0 Å². The fraction of sp³-hybridized carbons (Fsp3) is 0.300. The van der Waals surface area contributed by atoms with Crippen molar-refractivity contribution in [1.29, 1.82) is 0 Å². The third-order valence-electron chi connectivity index (χ3n) is 2.00. The molecule has 92 valence electrons. The van der Waals surface area contributed by atoms with Crippen LogP contribution in [0.25, 0.3) is 0 Å². The first-order valence-electron chi connectivity index (χ1n) is 4.85. The van der Waals surface area contributed by atoms with Crippen LogP contribution in [0.5, 0.6) is 5.75 Å². The van der Waals surface area contributed by atoms with Crippen LogP contribution in [0.4, 0.5) is 11.4 Å². The van der Waals surface area contributed by atoms with Crippen molar-refractivity contribution in [3.05, 3.63) is 28.3 Å². The zero-order chi connectivity index (χ0) is 12.8. The van der Waals surface area contributed by atoms with Gasteiger partial charge in [0.25, 0.3) is 0 Å². The summed E-state index contributed by atoms with van der Waals surface area (Å²) in [7, 11) is 2.98. The van der Waals surface area contributed by atoms with Crippen LogP contribution in [0.2, 0.25) is 0 Å². The van der Waals surface area contributed by atoms with Gasteiger partial charge < -0.3 is 15.4 Å². The Kier molecular flexibility index (Phi) is 4.41. The van der Waals surface area contributed by atoms with Crippen molar-refractivity contribution in [2.24, 2.45) is 0 Å². The SMILES string of the molecule is CNCC(=O)Nc1ccc(OC)c([N+](=O)[O-])c1. The molecule has 0 fully saturated rings. The minimum atomic E-state index is -0.563. The maximum atomic E-state index is 11.3. The van der Waals surface area contributed by atoms with Crippen molar-refractivity contribution >= 4 is 17.3 Å². The highest BCUT2D eigenvalue weighted by atomic mass is 16.6. The number of nitro groups is 1. The van der Waals surface area contributed by atoms with Crippen molar-refractivity contribution < 1.29 is 14.5 Å². The third kappa shape index (κ3) is 3.42. The zero-order valence-electron chi connectivity index (χ0n) is 9.52. The van der Waals surface area contributed by atoms with E-state index in [0.29, 0.717) is 5.69 Å². The first-order chi connectivity index (χ1) is 8.08. The summed E-state index contributed by atoms with van der Waals surface area (Å²) in [6, 6.07) is 4.24. The molecular weight excluding hydrogens is 226 g/mol. The molecule has 0 radical (unpaired) electrons. The Morgan fingerprint density at radius 1 is 1.53 bits per heavy atom. The average molecular weight is 239 g/mol. The molecule has 0 unspecified atom stereocenters. The quantitative estimate of drug-likeness (QED) is 0.584. The molecular formula is C10H13N3O4. The maximum Gasteiger partial charge on any atom is 0.312 e. The number of ether oxygens (including phenoxy) is 1. The van der Waals surface area contributed by atoms with E-state index in [2.05, 4.69) is 10.6 Å². The fourth-order valence-corrected chi connectivity index (χ4v) is 1.28. The van der Waals surface area contributed by atoms with Gasteiger partial charge in [0.15, 0.2) is 5.75 Å². The number of hydrogen-bond donors (Lipinski definition) is 2. The number of likely N-dealkylation sites (N-methyl/N-ethyl adjacent to an activating group) is 1. The molecule has 2 N–H and O–H groups in total. The van der Waals surface area contributed by atoms with Crippen molar-refractivity contribution in [2.75, 3.05) is 26.0 Å². The van der Waals surface area contributed by atoms with Crippen LogP contribution >= 0.6 is 0 Å². The lowest BCUT2D eigenvalue weighted by Crippen LogP contribution is -2.25. The molecule has 1 aromatic rings. The molecule has 1 aromatic carbocycles. The fourth-order valence-electron chi connectivity index (χ4n) is 1.28. The van der Waals surface area contributed by atoms with Crippen LogP contribution in [0.1, 0.15) is 0 Å². The summed E-state index contributed by atoms with van der Waals surface area (Å²) in [4.78, 5) is 21.5. The number of amides is 1. The van der Waals surface area contributed by atoms with Gasteiger partial charge in [-0.25, -0.2) is 0 Å². The normalized spacial score (nSPS) is 9.76. The number of carbonyl (C=O) groups excluding carboxylic acids is 1. The standard InChI is InChI=1S/C10H13N3O4/c1-11-6-10(14)12-7-3-4-9(17-2)8(5-7)13(15)16/h3-5,11H,6H2,1-2H3,(H,12,14). The van der Waals surface area contributed by atoms with Crippen LogP contribution in [-0.2, 0) is 4.79 Å². The van der Waals surface area contributed by atoms with E-state index in [9.17, 15) is 14.9 Å². The van der Waals surface area contributed by atoms with Gasteiger partial charge in [-0.3, -0.25) is 14.9 Å². The molecule has 1 rings (SSSR count). The van der Waals surface area contributed by atoms with Crippen LogP contribution in [0, 0.1) is 10.1 Å². The first kappa shape index (κ1) is 12.9. The van der Waals surface area contributed by atoms with Gasteiger partial charge in [-0.1, -0.05) is 0 Å². The lowest BCUT2D eigenvalue weighted by molar-refractivity contribution is -0.385. The van der Waals surface area contributed by atoms with Crippen molar-refractivity contribution in [3.8, 4) is 5.75 Å². The van der Waals surface area contributed by atoms with Gasteiger partial charge in [-0.05, 0) is 19.2 Å². The molecule has 0 heterocycles. The van der Waals surface area contributed by atoms with E-state index in [4.69, 9.17) is 4.74 Å². The Labute approximate surface area is 97.9 Å². The molecule has 0 saturated heterocycles. The number of methoxy groups -OCH3 is 1. The monoisotopic (exact) mass is 239 g/mol. The molecule has 1 amide bonds. The minimum Gasteiger partial charge on any atom is -0.490 e. The number of carbonyl (C=O) groups is 1. The van der Waals surface area contributed by atoms with Crippen LogP contribution in [-0.4, -0.2) is 31.5 Å². The number of hydrogen-bond acceptors (Lipinski definition) is 5. The summed E-state index contributed by atoms with van der Waals surface area (Å²) in [6.07, 6.45) is 0. The van der Waals surface area contributed by atoms with E-state index < -0.39 is 4.92 Å². The Hall–Kier alpha value is -2.15. The topological polar surface area (TPSA) is 93.5 Å². The number of rotatable bonds is 5. The van der Waals surface area contributed by atoms with E-state index in [1.54, 1.807) is 13.1 Å². The number of nitro benzene ring substituents is 1. The smallest absolute Gasteiger partial charge is 0.312 e. The number of benzene rings is 1. The summed E-state index contributed by atoms with van der Waals surface area (Å²) >= 11 is 0. The van der Waals surface area contributed by atoms with Gasteiger partial charge in [-0.15, -0.1) is 0 Å². The molecule has 17 heavy (non-hydrogen) atoms. The van der Waals surface area contributed by atoms with Gasteiger partial charge in [0.05, 0.1) is 18.6 Å². The number of nitrogens with one attached hydrogen (secondary N) is 2. The van der Waals surface area contributed by atoms with Crippen LogP contribution in [0.3, 0.4) is 0 Å². The van der Waals surface area contributed by atoms with E-state index in [1.807, 2.05) is 0 Å². The van der Waals surface area contributed by atoms with E-state index in [-0.39, 0.29) is 23.9 Å². The molecule has 7 heteroatoms. The lowest BCUT2D eigenvalue weighted by atomic mass is 10.2. The van der Waals surface area contributed by atoms with Gasteiger partial charge >= 0.3 is 5.69 Å². The summed E-state index contributed by atoms with van der Waals surface area (Å²) < 4.78 is 4.85. The average Bonchev–Trinajstić information content (AvgIpc) is 2.29. The molecule has 0 aliphatic heterocycles. The largest absolute Gasteiger partial charge is 0.490 e. The summed E-state index contributed by atoms with van der Waals surface area (Å²) in [5.74, 6) is -0.117. The summed E-state index contributed by atoms with van der Waals surface area (Å²) in [6.45, 7) is 0.139. The Morgan fingerprint density at radius 2 is 2.24 bits per heavy atom. The molecule has 0 atom stereocenters. The van der Waals surface area contributed by atoms with Crippen molar-refractivity contribution in [3.63, 3.8) is 0 Å². The van der Waals surface area contributed by atoms with E-state index in [1.165, 1.54) is 19.2 Å². The van der Waals surface area contributed by atoms with Crippen molar-refractivity contribution in [2.45, 2.75) is 0 Å². The highest BCUT2D eigenvalue weighted by Crippen LogP contribution is 2.29. The second kappa shape index (κ2) is 5.80.